The average molecular weight is 467 g/mol. The van der Waals surface area contributed by atoms with Crippen molar-refractivity contribution in [3.05, 3.63) is 62.7 Å². The van der Waals surface area contributed by atoms with Crippen molar-refractivity contribution >= 4 is 46.4 Å². The first-order valence-electron chi connectivity index (χ1n) is 10.8. The molecule has 4 aliphatic heterocycles. The number of benzene rings is 2. The number of halogens is 1. The van der Waals surface area contributed by atoms with Crippen LogP contribution in [0, 0.1) is 28.9 Å². The molecular formula is C23H19ClN4O5. The van der Waals surface area contributed by atoms with Crippen LogP contribution in [0.25, 0.3) is 0 Å². The molecule has 4 aliphatic rings. The number of nitro groups is 1. The van der Waals surface area contributed by atoms with Crippen molar-refractivity contribution in [2.24, 2.45) is 11.8 Å². The van der Waals surface area contributed by atoms with Crippen molar-refractivity contribution < 1.29 is 19.3 Å². The number of anilines is 2. The molecule has 0 saturated carbocycles. The summed E-state index contributed by atoms with van der Waals surface area (Å²) in [5.41, 5.74) is 0.123. The maximum atomic E-state index is 14.0. The molecule has 3 fully saturated rings. The van der Waals surface area contributed by atoms with Gasteiger partial charge in [0.05, 0.1) is 28.0 Å². The van der Waals surface area contributed by atoms with E-state index in [1.54, 1.807) is 18.2 Å². The number of carbonyl (C=O) groups excluding carboxylic acids is 3. The molecule has 10 heteroatoms. The minimum atomic E-state index is -1.33. The van der Waals surface area contributed by atoms with E-state index in [0.29, 0.717) is 29.2 Å². The van der Waals surface area contributed by atoms with E-state index in [1.807, 2.05) is 4.90 Å². The summed E-state index contributed by atoms with van der Waals surface area (Å²) in [7, 11) is 0. The maximum absolute atomic E-state index is 14.0. The molecule has 1 N–H and O–H groups in total. The monoisotopic (exact) mass is 466 g/mol. The summed E-state index contributed by atoms with van der Waals surface area (Å²) in [4.78, 5) is 55.3. The van der Waals surface area contributed by atoms with Gasteiger partial charge in [-0.05, 0) is 50.6 Å². The zero-order valence-corrected chi connectivity index (χ0v) is 18.3. The van der Waals surface area contributed by atoms with Crippen LogP contribution >= 0.6 is 11.6 Å². The Morgan fingerprint density at radius 3 is 2.73 bits per heavy atom. The van der Waals surface area contributed by atoms with Gasteiger partial charge in [-0.3, -0.25) is 29.4 Å². The molecule has 0 aliphatic carbocycles. The number of hydrogen-bond donors (Lipinski definition) is 1. The first-order chi connectivity index (χ1) is 15.8. The van der Waals surface area contributed by atoms with Gasteiger partial charge in [-0.2, -0.15) is 0 Å². The Balaban J connectivity index is 1.56. The number of nitrogens with one attached hydrogen (secondary N) is 1. The lowest BCUT2D eigenvalue weighted by Gasteiger charge is -2.36. The molecule has 1 spiro atoms. The third-order valence-electron chi connectivity index (χ3n) is 7.67. The van der Waals surface area contributed by atoms with E-state index in [2.05, 4.69) is 5.32 Å². The summed E-state index contributed by atoms with van der Waals surface area (Å²) in [5, 5.41) is 14.8. The fourth-order valence-electron chi connectivity index (χ4n) is 6.46. The van der Waals surface area contributed by atoms with Crippen LogP contribution in [0.2, 0.25) is 5.02 Å². The predicted molar refractivity (Wildman–Crippen MR) is 119 cm³/mol. The highest BCUT2D eigenvalue weighted by molar-refractivity contribution is 6.31. The number of rotatable bonds is 2. The number of amides is 3. The molecule has 0 aromatic heterocycles. The van der Waals surface area contributed by atoms with Crippen molar-refractivity contribution in [1.29, 1.82) is 0 Å². The van der Waals surface area contributed by atoms with Gasteiger partial charge in [0.15, 0.2) is 0 Å². The quantitative estimate of drug-likeness (QED) is 0.413. The van der Waals surface area contributed by atoms with Gasteiger partial charge < -0.3 is 5.32 Å². The van der Waals surface area contributed by atoms with Crippen molar-refractivity contribution in [2.75, 3.05) is 16.8 Å². The Bertz CT molecular complexity index is 1300. The molecule has 9 nitrogen and oxygen atoms in total. The standard InChI is InChI=1S/C23H19ClN4O5/c1-11-15(4-2-5-16(11)28(32)33)27-20(29)18-17-6-3-9-26(17)23(19(18)21(27)30)13-10-12(24)7-8-14(13)25-22(23)31/h2,4-5,7-8,10,17-19H,3,6,9H2,1H3,(H,25,31)/t17-,18+,19+,23-/m1/s1. The number of hydrogen-bond acceptors (Lipinski definition) is 6. The highest BCUT2D eigenvalue weighted by Crippen LogP contribution is 2.61. The largest absolute Gasteiger partial charge is 0.324 e. The molecule has 2 aromatic rings. The Hall–Kier alpha value is -3.30. The first-order valence-corrected chi connectivity index (χ1v) is 11.2. The molecule has 3 saturated heterocycles. The highest BCUT2D eigenvalue weighted by Gasteiger charge is 2.74. The van der Waals surface area contributed by atoms with Gasteiger partial charge >= 0.3 is 0 Å². The molecule has 33 heavy (non-hydrogen) atoms. The van der Waals surface area contributed by atoms with Crippen LogP contribution in [0.5, 0.6) is 0 Å². The molecule has 0 bridgehead atoms. The van der Waals surface area contributed by atoms with Gasteiger partial charge in [0, 0.05) is 28.4 Å². The van der Waals surface area contributed by atoms with Crippen molar-refractivity contribution in [3.63, 3.8) is 0 Å². The minimum Gasteiger partial charge on any atom is -0.324 e. The van der Waals surface area contributed by atoms with Crippen molar-refractivity contribution in [3.8, 4) is 0 Å². The summed E-state index contributed by atoms with van der Waals surface area (Å²) in [5.74, 6) is -2.91. The van der Waals surface area contributed by atoms with E-state index in [0.717, 1.165) is 11.3 Å². The second-order valence-corrected chi connectivity index (χ2v) is 9.44. The summed E-state index contributed by atoms with van der Waals surface area (Å²) in [6.07, 6.45) is 1.49. The fourth-order valence-corrected chi connectivity index (χ4v) is 6.64. The van der Waals surface area contributed by atoms with E-state index in [-0.39, 0.29) is 28.9 Å². The summed E-state index contributed by atoms with van der Waals surface area (Å²) in [6.45, 7) is 2.12. The molecule has 0 radical (unpaired) electrons. The van der Waals surface area contributed by atoms with Crippen molar-refractivity contribution in [2.45, 2.75) is 31.3 Å². The number of nitro benzene ring substituents is 1. The topological polar surface area (TPSA) is 113 Å². The van der Waals surface area contributed by atoms with Crippen LogP contribution in [0.3, 0.4) is 0 Å². The van der Waals surface area contributed by atoms with E-state index in [4.69, 9.17) is 11.6 Å². The lowest BCUT2D eigenvalue weighted by Crippen LogP contribution is -2.54. The average Bonchev–Trinajstić information content (AvgIpc) is 3.47. The van der Waals surface area contributed by atoms with E-state index < -0.39 is 34.1 Å². The molecular weight excluding hydrogens is 448 g/mol. The molecule has 6 rings (SSSR count). The summed E-state index contributed by atoms with van der Waals surface area (Å²) < 4.78 is 0. The van der Waals surface area contributed by atoms with Crippen LogP contribution in [-0.2, 0) is 19.9 Å². The zero-order chi connectivity index (χ0) is 23.2. The smallest absolute Gasteiger partial charge is 0.274 e. The number of fused-ring (bicyclic) bond motifs is 7. The van der Waals surface area contributed by atoms with Gasteiger partial charge in [-0.15, -0.1) is 0 Å². The van der Waals surface area contributed by atoms with Crippen LogP contribution in [-0.4, -0.2) is 40.1 Å². The summed E-state index contributed by atoms with van der Waals surface area (Å²) in [6, 6.07) is 9.16. The van der Waals surface area contributed by atoms with Gasteiger partial charge in [-0.1, -0.05) is 17.7 Å². The van der Waals surface area contributed by atoms with E-state index >= 15 is 0 Å². The SMILES string of the molecule is Cc1c(N2C(=O)[C@H]3[C@H]4CCCN4[C@@]4(C(=O)Nc5ccc(Cl)cc54)[C@@H]3C2=O)cccc1[N+](=O)[O-]. The molecule has 168 valence electrons. The minimum absolute atomic E-state index is 0.168. The Morgan fingerprint density at radius 2 is 1.97 bits per heavy atom. The van der Waals surface area contributed by atoms with Gasteiger partial charge in [0.25, 0.3) is 5.69 Å². The van der Waals surface area contributed by atoms with Gasteiger partial charge in [0.2, 0.25) is 17.7 Å². The van der Waals surface area contributed by atoms with Crippen LogP contribution in [0.4, 0.5) is 17.1 Å². The second-order valence-electron chi connectivity index (χ2n) is 9.01. The Labute approximate surface area is 193 Å². The van der Waals surface area contributed by atoms with Crippen LogP contribution in [0.1, 0.15) is 24.0 Å². The molecule has 3 amide bonds. The van der Waals surface area contributed by atoms with E-state index in [9.17, 15) is 24.5 Å². The zero-order valence-electron chi connectivity index (χ0n) is 17.6. The second kappa shape index (κ2) is 6.61. The maximum Gasteiger partial charge on any atom is 0.274 e. The Kier molecular flexibility index (Phi) is 4.07. The number of nitrogens with zero attached hydrogens (tertiary/aromatic N) is 3. The number of carbonyl (C=O) groups is 3. The molecule has 0 unspecified atom stereocenters. The van der Waals surface area contributed by atoms with Gasteiger partial charge in [-0.25, -0.2) is 4.90 Å². The summed E-state index contributed by atoms with van der Waals surface area (Å²) >= 11 is 6.29. The third kappa shape index (κ3) is 2.33. The normalized spacial score (nSPS) is 30.1. The highest BCUT2D eigenvalue weighted by atomic mass is 35.5. The third-order valence-corrected chi connectivity index (χ3v) is 7.90. The van der Waals surface area contributed by atoms with E-state index in [1.165, 1.54) is 25.1 Å². The van der Waals surface area contributed by atoms with Crippen LogP contribution < -0.4 is 10.2 Å². The lowest BCUT2D eigenvalue weighted by molar-refractivity contribution is -0.385. The number of imide groups is 1. The van der Waals surface area contributed by atoms with Gasteiger partial charge in [0.1, 0.15) is 5.54 Å². The Morgan fingerprint density at radius 1 is 1.18 bits per heavy atom. The molecule has 4 atom stereocenters. The molecule has 2 aromatic carbocycles. The lowest BCUT2D eigenvalue weighted by atomic mass is 9.75. The first kappa shape index (κ1) is 20.3. The fraction of sp³-hybridized carbons (Fsp3) is 0.348. The van der Waals surface area contributed by atoms with Crippen molar-refractivity contribution in [1.82, 2.24) is 4.90 Å². The molecule has 4 heterocycles. The predicted octanol–water partition coefficient (Wildman–Crippen LogP) is 2.99. The van der Waals surface area contributed by atoms with Crippen LogP contribution in [0.15, 0.2) is 36.4 Å².